The van der Waals surface area contributed by atoms with E-state index in [1.807, 2.05) is 49.4 Å². The van der Waals surface area contributed by atoms with Crippen molar-refractivity contribution in [2.45, 2.75) is 24.1 Å². The molecular weight excluding hydrogens is 434 g/mol. The molecule has 0 spiro atoms. The van der Waals surface area contributed by atoms with Gasteiger partial charge in [0.25, 0.3) is 0 Å². The van der Waals surface area contributed by atoms with Crippen LogP contribution in [0.1, 0.15) is 30.2 Å². The molecule has 7 nitrogen and oxygen atoms in total. The lowest BCUT2D eigenvalue weighted by molar-refractivity contribution is 0.146. The van der Waals surface area contributed by atoms with Crippen molar-refractivity contribution >= 4 is 17.6 Å². The van der Waals surface area contributed by atoms with E-state index < -0.39 is 0 Å². The molecule has 0 saturated carbocycles. The van der Waals surface area contributed by atoms with E-state index in [1.54, 1.807) is 13.3 Å². The normalized spacial score (nSPS) is 10.3. The van der Waals surface area contributed by atoms with Crippen LogP contribution >= 0.6 is 11.8 Å². The van der Waals surface area contributed by atoms with E-state index >= 15 is 0 Å². The minimum absolute atomic E-state index is 0.357. The van der Waals surface area contributed by atoms with Gasteiger partial charge < -0.3 is 14.8 Å². The predicted molar refractivity (Wildman–Crippen MR) is 129 cm³/mol. The summed E-state index contributed by atoms with van der Waals surface area (Å²) >= 11 is 1.43. The maximum Gasteiger partial charge on any atom is 0.146 e. The lowest BCUT2D eigenvalue weighted by atomic mass is 9.96. The molecule has 0 aliphatic heterocycles. The number of nitriles is 2. The fourth-order valence-electron chi connectivity index (χ4n) is 3.13. The Labute approximate surface area is 198 Å². The van der Waals surface area contributed by atoms with Crippen LogP contribution in [0.2, 0.25) is 0 Å². The molecule has 0 radical (unpaired) electrons. The highest BCUT2D eigenvalue weighted by molar-refractivity contribution is 7.98. The quantitative estimate of drug-likeness (QED) is 0.315. The molecule has 0 bridgehead atoms. The van der Waals surface area contributed by atoms with Crippen LogP contribution < -0.4 is 10.1 Å². The van der Waals surface area contributed by atoms with E-state index in [1.165, 1.54) is 11.8 Å². The third kappa shape index (κ3) is 6.23. The summed E-state index contributed by atoms with van der Waals surface area (Å²) in [4.78, 5) is 9.01. The highest BCUT2D eigenvalue weighted by Gasteiger charge is 2.22. The number of hydrogen-bond donors (Lipinski definition) is 1. The molecule has 8 heteroatoms. The minimum atomic E-state index is 0.357. The lowest BCUT2D eigenvalue weighted by Crippen LogP contribution is -2.08. The van der Waals surface area contributed by atoms with Crippen LogP contribution in [0, 0.1) is 22.7 Å². The average Bonchev–Trinajstić information content (AvgIpc) is 2.86. The molecule has 33 heavy (non-hydrogen) atoms. The van der Waals surface area contributed by atoms with E-state index in [2.05, 4.69) is 27.4 Å². The zero-order valence-corrected chi connectivity index (χ0v) is 19.5. The van der Waals surface area contributed by atoms with Crippen molar-refractivity contribution in [3.63, 3.8) is 0 Å². The SMILES string of the molecule is CCCNc1nc(SCc2ccccn2)c(C#N)c(-c2ccc(OCCOC)cc2)c1C#N. The van der Waals surface area contributed by atoms with Gasteiger partial charge in [0.2, 0.25) is 0 Å². The van der Waals surface area contributed by atoms with Crippen molar-refractivity contribution in [1.29, 1.82) is 10.5 Å². The van der Waals surface area contributed by atoms with Crippen LogP contribution in [0.4, 0.5) is 5.82 Å². The van der Waals surface area contributed by atoms with Crippen LogP contribution in [0.5, 0.6) is 5.75 Å². The van der Waals surface area contributed by atoms with E-state index in [0.717, 1.165) is 17.7 Å². The first kappa shape index (κ1) is 24.1. The summed E-state index contributed by atoms with van der Waals surface area (Å²) in [5.41, 5.74) is 2.95. The van der Waals surface area contributed by atoms with Crippen molar-refractivity contribution in [3.8, 4) is 29.0 Å². The Morgan fingerprint density at radius 2 is 1.82 bits per heavy atom. The van der Waals surface area contributed by atoms with Gasteiger partial charge in [-0.2, -0.15) is 10.5 Å². The second-order valence-corrected chi connectivity index (χ2v) is 7.98. The lowest BCUT2D eigenvalue weighted by Gasteiger charge is -2.16. The molecule has 0 fully saturated rings. The Morgan fingerprint density at radius 1 is 1.03 bits per heavy atom. The minimum Gasteiger partial charge on any atom is -0.491 e. The molecule has 2 aromatic heterocycles. The van der Waals surface area contributed by atoms with Gasteiger partial charge in [0.05, 0.1) is 17.9 Å². The van der Waals surface area contributed by atoms with Gasteiger partial charge in [-0.15, -0.1) is 0 Å². The Balaban J connectivity index is 2.04. The smallest absolute Gasteiger partial charge is 0.146 e. The highest BCUT2D eigenvalue weighted by Crippen LogP contribution is 2.37. The number of aromatic nitrogens is 2. The maximum absolute atomic E-state index is 10.1. The number of hydrogen-bond acceptors (Lipinski definition) is 8. The zero-order valence-electron chi connectivity index (χ0n) is 18.7. The molecule has 0 atom stereocenters. The summed E-state index contributed by atoms with van der Waals surface area (Å²) in [7, 11) is 1.62. The fourth-order valence-corrected chi connectivity index (χ4v) is 4.03. The summed E-state index contributed by atoms with van der Waals surface area (Å²) in [6.45, 7) is 3.65. The van der Waals surface area contributed by atoms with Crippen molar-refractivity contribution in [2.75, 3.05) is 32.2 Å². The molecule has 1 aromatic carbocycles. The summed E-state index contributed by atoms with van der Waals surface area (Å²) in [5.74, 6) is 1.74. The van der Waals surface area contributed by atoms with E-state index in [0.29, 0.717) is 58.8 Å². The topological polar surface area (TPSA) is 104 Å². The molecule has 0 unspecified atom stereocenters. The van der Waals surface area contributed by atoms with Crippen molar-refractivity contribution in [2.24, 2.45) is 0 Å². The van der Waals surface area contributed by atoms with Crippen LogP contribution in [0.15, 0.2) is 53.7 Å². The molecule has 1 N–H and O–H groups in total. The van der Waals surface area contributed by atoms with Crippen molar-refractivity contribution < 1.29 is 9.47 Å². The first-order chi connectivity index (χ1) is 16.2. The molecule has 3 aromatic rings. The van der Waals surface area contributed by atoms with Gasteiger partial charge >= 0.3 is 0 Å². The maximum atomic E-state index is 10.1. The molecule has 0 aliphatic rings. The van der Waals surface area contributed by atoms with E-state index in [-0.39, 0.29) is 0 Å². The number of ether oxygens (including phenoxy) is 2. The Hall–Kier alpha value is -3.59. The number of methoxy groups -OCH3 is 1. The fraction of sp³-hybridized carbons (Fsp3) is 0.280. The van der Waals surface area contributed by atoms with Gasteiger partial charge in [-0.3, -0.25) is 4.98 Å². The largest absolute Gasteiger partial charge is 0.491 e. The number of nitrogens with zero attached hydrogens (tertiary/aromatic N) is 4. The van der Waals surface area contributed by atoms with Crippen molar-refractivity contribution in [3.05, 3.63) is 65.5 Å². The van der Waals surface area contributed by atoms with Gasteiger partial charge in [-0.25, -0.2) is 4.98 Å². The standard InChI is InChI=1S/C25H25N5O2S/c1-3-11-29-24-21(15-26)23(18-7-9-20(10-8-18)32-14-13-31-2)22(16-27)25(30-24)33-17-19-6-4-5-12-28-19/h4-10,12H,3,11,13-14,17H2,1-2H3,(H,29,30). The number of pyridine rings is 2. The molecule has 3 rings (SSSR count). The highest BCUT2D eigenvalue weighted by atomic mass is 32.2. The summed E-state index contributed by atoms with van der Waals surface area (Å²) in [6.07, 6.45) is 2.62. The summed E-state index contributed by atoms with van der Waals surface area (Å²) in [5, 5.41) is 23.9. The number of nitrogens with one attached hydrogen (secondary N) is 1. The average molecular weight is 460 g/mol. The second-order valence-electron chi connectivity index (χ2n) is 7.02. The van der Waals surface area contributed by atoms with E-state index in [9.17, 15) is 10.5 Å². The van der Waals surface area contributed by atoms with Crippen LogP contribution in [-0.2, 0) is 10.5 Å². The monoisotopic (exact) mass is 459 g/mol. The Bertz CT molecular complexity index is 1140. The Kier molecular flexibility index (Phi) is 9.08. The van der Waals surface area contributed by atoms with Crippen LogP contribution in [0.3, 0.4) is 0 Å². The second kappa shape index (κ2) is 12.4. The molecule has 0 saturated heterocycles. The summed E-state index contributed by atoms with van der Waals surface area (Å²) < 4.78 is 10.7. The first-order valence-electron chi connectivity index (χ1n) is 10.6. The third-order valence-electron chi connectivity index (χ3n) is 4.71. The third-order valence-corrected chi connectivity index (χ3v) is 5.72. The van der Waals surface area contributed by atoms with E-state index in [4.69, 9.17) is 9.47 Å². The zero-order chi connectivity index (χ0) is 23.5. The number of thioether (sulfide) groups is 1. The number of anilines is 1. The van der Waals surface area contributed by atoms with Crippen molar-refractivity contribution in [1.82, 2.24) is 9.97 Å². The van der Waals surface area contributed by atoms with Gasteiger partial charge in [0.1, 0.15) is 40.9 Å². The van der Waals surface area contributed by atoms with Crippen LogP contribution in [-0.4, -0.2) is 36.8 Å². The van der Waals surface area contributed by atoms with Crippen LogP contribution in [0.25, 0.3) is 11.1 Å². The first-order valence-corrected chi connectivity index (χ1v) is 11.6. The number of rotatable bonds is 11. The summed E-state index contributed by atoms with van der Waals surface area (Å²) in [6, 6.07) is 17.6. The molecular formula is C25H25N5O2S. The van der Waals surface area contributed by atoms with Gasteiger partial charge in [0.15, 0.2) is 0 Å². The number of benzene rings is 1. The van der Waals surface area contributed by atoms with Gasteiger partial charge in [-0.05, 0) is 36.2 Å². The van der Waals surface area contributed by atoms with Gasteiger partial charge in [-0.1, -0.05) is 36.9 Å². The molecule has 0 aliphatic carbocycles. The molecule has 168 valence electrons. The Morgan fingerprint density at radius 3 is 2.45 bits per heavy atom. The molecule has 2 heterocycles. The predicted octanol–water partition coefficient (Wildman–Crippen LogP) is 5.03. The van der Waals surface area contributed by atoms with Gasteiger partial charge in [0, 0.05) is 31.2 Å². The molecule has 0 amide bonds.